The Hall–Kier alpha value is -1.07. The van der Waals surface area contributed by atoms with E-state index >= 15 is 0 Å². The highest BCUT2D eigenvalue weighted by atomic mass is 127. The minimum Gasteiger partial charge on any atom is -0.322 e. The van der Waals surface area contributed by atoms with Crippen molar-refractivity contribution < 1.29 is 4.79 Å². The van der Waals surface area contributed by atoms with E-state index in [-0.39, 0.29) is 5.91 Å². The molecule has 2 rings (SSSR count). The van der Waals surface area contributed by atoms with Crippen molar-refractivity contribution in [2.75, 3.05) is 5.32 Å². The second kappa shape index (κ2) is 5.71. The van der Waals surface area contributed by atoms with Crippen LogP contribution >= 0.6 is 34.2 Å². The molecule has 0 bridgehead atoms. The molecule has 1 amide bonds. The van der Waals surface area contributed by atoms with Gasteiger partial charge in [-0.3, -0.25) is 4.79 Å². The van der Waals surface area contributed by atoms with Crippen molar-refractivity contribution in [3.05, 3.63) is 62.2 Å². The number of aryl methyl sites for hydroxylation is 1. The highest BCUT2D eigenvalue weighted by Gasteiger charge is 2.07. The Labute approximate surface area is 124 Å². The van der Waals surface area contributed by atoms with Crippen LogP contribution in [0.5, 0.6) is 0 Å². The third-order valence-electron chi connectivity index (χ3n) is 2.52. The van der Waals surface area contributed by atoms with Crippen LogP contribution in [0.25, 0.3) is 0 Å². The predicted octanol–water partition coefficient (Wildman–Crippen LogP) is 4.51. The van der Waals surface area contributed by atoms with E-state index in [4.69, 9.17) is 11.6 Å². The van der Waals surface area contributed by atoms with E-state index in [1.54, 1.807) is 12.1 Å². The lowest BCUT2D eigenvalue weighted by Gasteiger charge is -2.06. The maximum Gasteiger partial charge on any atom is 0.255 e. The lowest BCUT2D eigenvalue weighted by molar-refractivity contribution is 0.102. The zero-order valence-corrected chi connectivity index (χ0v) is 12.6. The quantitative estimate of drug-likeness (QED) is 0.774. The summed E-state index contributed by atoms with van der Waals surface area (Å²) in [5.74, 6) is -0.154. The van der Waals surface area contributed by atoms with Crippen LogP contribution in [-0.2, 0) is 0 Å². The van der Waals surface area contributed by atoms with Crippen LogP contribution in [0, 0.1) is 10.5 Å². The maximum absolute atomic E-state index is 12.0. The first-order valence-corrected chi connectivity index (χ1v) is 6.85. The van der Waals surface area contributed by atoms with Crippen LogP contribution in [0.3, 0.4) is 0 Å². The van der Waals surface area contributed by atoms with Gasteiger partial charge in [0, 0.05) is 19.8 Å². The van der Waals surface area contributed by atoms with Crippen LogP contribution < -0.4 is 5.32 Å². The minimum absolute atomic E-state index is 0.154. The highest BCUT2D eigenvalue weighted by molar-refractivity contribution is 14.1. The summed E-state index contributed by atoms with van der Waals surface area (Å²) < 4.78 is 1.08. The molecule has 0 spiro atoms. The number of carbonyl (C=O) groups excluding carboxylic acids is 1. The summed E-state index contributed by atoms with van der Waals surface area (Å²) in [6.07, 6.45) is 0. The summed E-state index contributed by atoms with van der Waals surface area (Å²) in [5.41, 5.74) is 2.30. The van der Waals surface area contributed by atoms with Crippen LogP contribution in [0.15, 0.2) is 42.5 Å². The summed E-state index contributed by atoms with van der Waals surface area (Å²) in [7, 11) is 0. The first-order valence-electron chi connectivity index (χ1n) is 5.39. The smallest absolute Gasteiger partial charge is 0.255 e. The average molecular weight is 372 g/mol. The zero-order valence-electron chi connectivity index (χ0n) is 9.71. The van der Waals surface area contributed by atoms with E-state index in [1.807, 2.05) is 37.3 Å². The number of carbonyl (C=O) groups is 1. The van der Waals surface area contributed by atoms with Gasteiger partial charge in [0.05, 0.1) is 0 Å². The molecule has 0 unspecified atom stereocenters. The first kappa shape index (κ1) is 13.4. The second-order valence-corrected chi connectivity index (χ2v) is 5.58. The topological polar surface area (TPSA) is 29.1 Å². The fraction of sp³-hybridized carbons (Fsp3) is 0.0714. The molecule has 0 heterocycles. The molecule has 0 saturated heterocycles. The Morgan fingerprint density at radius 3 is 2.67 bits per heavy atom. The Balaban J connectivity index is 2.19. The van der Waals surface area contributed by atoms with Crippen molar-refractivity contribution in [1.82, 2.24) is 0 Å². The van der Waals surface area contributed by atoms with Crippen LogP contribution in [-0.4, -0.2) is 5.91 Å². The number of rotatable bonds is 2. The van der Waals surface area contributed by atoms with Gasteiger partial charge >= 0.3 is 0 Å². The molecule has 0 fully saturated rings. The van der Waals surface area contributed by atoms with Gasteiger partial charge < -0.3 is 5.32 Å². The molecule has 0 aromatic heterocycles. The molecular weight excluding hydrogens is 361 g/mol. The molecule has 0 radical (unpaired) electrons. The van der Waals surface area contributed by atoms with Crippen molar-refractivity contribution in [2.45, 2.75) is 6.92 Å². The monoisotopic (exact) mass is 371 g/mol. The summed E-state index contributed by atoms with van der Waals surface area (Å²) in [6, 6.07) is 12.9. The van der Waals surface area contributed by atoms with Crippen LogP contribution in [0.2, 0.25) is 5.02 Å². The molecule has 4 heteroatoms. The molecule has 0 saturated carbocycles. The summed E-state index contributed by atoms with van der Waals surface area (Å²) in [6.45, 7) is 1.91. The minimum atomic E-state index is -0.154. The second-order valence-electron chi connectivity index (χ2n) is 3.93. The van der Waals surface area contributed by atoms with E-state index in [9.17, 15) is 4.79 Å². The largest absolute Gasteiger partial charge is 0.322 e. The first-order chi connectivity index (χ1) is 8.56. The van der Waals surface area contributed by atoms with Crippen molar-refractivity contribution in [1.29, 1.82) is 0 Å². The van der Waals surface area contributed by atoms with Crippen molar-refractivity contribution in [2.24, 2.45) is 0 Å². The van der Waals surface area contributed by atoms with Crippen LogP contribution in [0.1, 0.15) is 15.9 Å². The normalized spacial score (nSPS) is 10.2. The Bertz CT molecular complexity index is 598. The fourth-order valence-corrected chi connectivity index (χ4v) is 2.23. The number of amides is 1. The van der Waals surface area contributed by atoms with Gasteiger partial charge in [-0.15, -0.1) is 0 Å². The van der Waals surface area contributed by atoms with E-state index in [1.165, 1.54) is 0 Å². The predicted molar refractivity (Wildman–Crippen MR) is 83.3 cm³/mol. The van der Waals surface area contributed by atoms with E-state index in [0.29, 0.717) is 10.6 Å². The number of nitrogens with one attached hydrogen (secondary N) is 1. The lowest BCUT2D eigenvalue weighted by Crippen LogP contribution is -2.11. The van der Waals surface area contributed by atoms with Gasteiger partial charge in [0.15, 0.2) is 0 Å². The summed E-state index contributed by atoms with van der Waals surface area (Å²) >= 11 is 8.21. The Morgan fingerprint density at radius 2 is 2.00 bits per heavy atom. The zero-order chi connectivity index (χ0) is 13.1. The summed E-state index contributed by atoms with van der Waals surface area (Å²) in [4.78, 5) is 12.0. The number of anilines is 1. The molecule has 92 valence electrons. The van der Waals surface area contributed by atoms with Crippen molar-refractivity contribution in [3.63, 3.8) is 0 Å². The number of hydrogen-bond donors (Lipinski definition) is 1. The maximum atomic E-state index is 12.0. The van der Waals surface area contributed by atoms with E-state index in [0.717, 1.165) is 14.8 Å². The third kappa shape index (κ3) is 3.23. The number of hydrogen-bond acceptors (Lipinski definition) is 1. The molecular formula is C14H11ClINO. The number of halogens is 2. The van der Waals surface area contributed by atoms with Gasteiger partial charge in [0.25, 0.3) is 5.91 Å². The Kier molecular flexibility index (Phi) is 4.24. The third-order valence-corrected chi connectivity index (χ3v) is 3.59. The molecule has 18 heavy (non-hydrogen) atoms. The van der Waals surface area contributed by atoms with Crippen molar-refractivity contribution >= 4 is 45.8 Å². The Morgan fingerprint density at radius 1 is 1.22 bits per heavy atom. The molecule has 0 aliphatic heterocycles. The fourth-order valence-electron chi connectivity index (χ4n) is 1.50. The van der Waals surface area contributed by atoms with E-state index in [2.05, 4.69) is 27.9 Å². The lowest BCUT2D eigenvalue weighted by atomic mass is 10.1. The SMILES string of the molecule is Cc1ccc(C(=O)Nc2cccc(I)c2)cc1Cl. The van der Waals surface area contributed by atoms with Gasteiger partial charge in [0.2, 0.25) is 0 Å². The van der Waals surface area contributed by atoms with E-state index < -0.39 is 0 Å². The van der Waals surface area contributed by atoms with Gasteiger partial charge in [0.1, 0.15) is 0 Å². The molecule has 2 aromatic carbocycles. The summed E-state index contributed by atoms with van der Waals surface area (Å²) in [5, 5.41) is 3.45. The van der Waals surface area contributed by atoms with Gasteiger partial charge in [-0.05, 0) is 65.4 Å². The highest BCUT2D eigenvalue weighted by Crippen LogP contribution is 2.18. The molecule has 2 nitrogen and oxygen atoms in total. The van der Waals surface area contributed by atoms with Gasteiger partial charge in [-0.1, -0.05) is 23.7 Å². The molecule has 0 aliphatic rings. The molecule has 0 aliphatic carbocycles. The number of benzene rings is 2. The molecule has 0 atom stereocenters. The van der Waals surface area contributed by atoms with Crippen LogP contribution in [0.4, 0.5) is 5.69 Å². The van der Waals surface area contributed by atoms with Gasteiger partial charge in [-0.2, -0.15) is 0 Å². The molecule has 1 N–H and O–H groups in total. The standard InChI is InChI=1S/C14H11ClINO/c1-9-5-6-10(7-13(9)15)14(18)17-12-4-2-3-11(16)8-12/h2-8H,1H3,(H,17,18). The van der Waals surface area contributed by atoms with Gasteiger partial charge in [-0.25, -0.2) is 0 Å². The van der Waals surface area contributed by atoms with Crippen molar-refractivity contribution in [3.8, 4) is 0 Å². The average Bonchev–Trinajstić information content (AvgIpc) is 2.32. The molecule has 2 aromatic rings.